The van der Waals surface area contributed by atoms with E-state index in [1.165, 1.54) is 7.11 Å². The highest BCUT2D eigenvalue weighted by molar-refractivity contribution is 6.32. The van der Waals surface area contributed by atoms with Gasteiger partial charge < -0.3 is 20.5 Å². The van der Waals surface area contributed by atoms with E-state index in [0.29, 0.717) is 23.7 Å². The summed E-state index contributed by atoms with van der Waals surface area (Å²) in [7, 11) is 1.52. The van der Waals surface area contributed by atoms with E-state index >= 15 is 0 Å². The molecule has 0 saturated heterocycles. The normalized spacial score (nSPS) is 12.1. The van der Waals surface area contributed by atoms with Crippen LogP contribution >= 0.6 is 11.6 Å². The summed E-state index contributed by atoms with van der Waals surface area (Å²) in [5, 5.41) is 15.6. The molecule has 0 radical (unpaired) electrons. The Morgan fingerprint density at radius 2 is 2.00 bits per heavy atom. The lowest BCUT2D eigenvalue weighted by Gasteiger charge is -2.12. The zero-order valence-corrected chi connectivity index (χ0v) is 12.8. The van der Waals surface area contributed by atoms with Gasteiger partial charge in [-0.2, -0.15) is 0 Å². The summed E-state index contributed by atoms with van der Waals surface area (Å²) in [6, 6.07) is 3.32. The molecule has 6 heteroatoms. The van der Waals surface area contributed by atoms with Crippen LogP contribution in [0.1, 0.15) is 17.5 Å². The average molecular weight is 301 g/mol. The summed E-state index contributed by atoms with van der Waals surface area (Å²) in [6.07, 6.45) is -0.125. The van der Waals surface area contributed by atoms with Crippen LogP contribution in [0.2, 0.25) is 5.02 Å². The van der Waals surface area contributed by atoms with Gasteiger partial charge in [-0.1, -0.05) is 11.6 Å². The number of carbonyl (C=O) groups is 1. The molecular weight excluding hydrogens is 280 g/mol. The summed E-state index contributed by atoms with van der Waals surface area (Å²) in [6.45, 7) is 4.42. The Hall–Kier alpha value is -1.30. The molecule has 0 aliphatic rings. The standard InChI is InChI=1S/C14H21ClN2O3/c1-9-6-11(7-10(2)13(9)15)17-14(19)16-5-4-12(18)8-20-3/h6-7,12,18H,4-5,8H2,1-3H3,(H2,16,17,19)/t12-/m0/s1. The van der Waals surface area contributed by atoms with E-state index in [-0.39, 0.29) is 12.6 Å². The molecule has 0 aromatic heterocycles. The van der Waals surface area contributed by atoms with Crippen molar-refractivity contribution in [3.8, 4) is 0 Å². The van der Waals surface area contributed by atoms with E-state index in [1.54, 1.807) is 0 Å². The number of rotatable bonds is 6. The number of aryl methyl sites for hydroxylation is 2. The van der Waals surface area contributed by atoms with Gasteiger partial charge in [0.1, 0.15) is 0 Å². The first-order valence-electron chi connectivity index (χ1n) is 6.42. The maximum absolute atomic E-state index is 11.7. The van der Waals surface area contributed by atoms with Gasteiger partial charge in [0.05, 0.1) is 12.7 Å². The fourth-order valence-electron chi connectivity index (χ4n) is 1.82. The van der Waals surface area contributed by atoms with Crippen molar-refractivity contribution in [1.82, 2.24) is 5.32 Å². The second-order valence-corrected chi connectivity index (χ2v) is 5.08. The van der Waals surface area contributed by atoms with Gasteiger partial charge in [-0.3, -0.25) is 0 Å². The molecule has 0 fully saturated rings. The molecule has 1 rings (SSSR count). The zero-order chi connectivity index (χ0) is 15.1. The molecule has 1 aromatic carbocycles. The van der Waals surface area contributed by atoms with Gasteiger partial charge in [-0.25, -0.2) is 4.79 Å². The van der Waals surface area contributed by atoms with Gasteiger partial charge in [0.25, 0.3) is 0 Å². The highest BCUT2D eigenvalue weighted by atomic mass is 35.5. The number of aliphatic hydroxyl groups excluding tert-OH is 1. The van der Waals surface area contributed by atoms with Gasteiger partial charge >= 0.3 is 6.03 Å². The van der Waals surface area contributed by atoms with Crippen LogP contribution in [0.15, 0.2) is 12.1 Å². The summed E-state index contributed by atoms with van der Waals surface area (Å²) in [4.78, 5) is 11.7. The number of benzene rings is 1. The maximum atomic E-state index is 11.7. The predicted octanol–water partition coefficient (Wildman–Crippen LogP) is 2.48. The minimum absolute atomic E-state index is 0.263. The van der Waals surface area contributed by atoms with Crippen LogP contribution in [-0.4, -0.2) is 37.5 Å². The molecule has 0 saturated carbocycles. The minimum Gasteiger partial charge on any atom is -0.391 e. The van der Waals surface area contributed by atoms with E-state index < -0.39 is 6.10 Å². The van der Waals surface area contributed by atoms with Crippen LogP contribution in [0.25, 0.3) is 0 Å². The first-order valence-corrected chi connectivity index (χ1v) is 6.80. The topological polar surface area (TPSA) is 70.6 Å². The van der Waals surface area contributed by atoms with Crippen molar-refractivity contribution in [2.24, 2.45) is 0 Å². The Bertz CT molecular complexity index is 443. The Kier molecular flexibility index (Phi) is 6.78. The van der Waals surface area contributed by atoms with Crippen molar-refractivity contribution in [2.75, 3.05) is 25.6 Å². The van der Waals surface area contributed by atoms with Crippen LogP contribution in [0.4, 0.5) is 10.5 Å². The summed E-state index contributed by atoms with van der Waals surface area (Å²) in [5.41, 5.74) is 2.52. The van der Waals surface area contributed by atoms with Gasteiger partial charge in [0.15, 0.2) is 0 Å². The quantitative estimate of drug-likeness (QED) is 0.756. The lowest BCUT2D eigenvalue weighted by Crippen LogP contribution is -2.32. The zero-order valence-electron chi connectivity index (χ0n) is 12.0. The molecule has 0 aliphatic carbocycles. The number of halogens is 1. The Labute approximate surface area is 124 Å². The first kappa shape index (κ1) is 16.8. The number of aliphatic hydroxyl groups is 1. The van der Waals surface area contributed by atoms with Crippen LogP contribution < -0.4 is 10.6 Å². The smallest absolute Gasteiger partial charge is 0.319 e. The number of anilines is 1. The molecule has 0 spiro atoms. The molecule has 112 valence electrons. The van der Waals surface area contributed by atoms with Gasteiger partial charge in [0.2, 0.25) is 0 Å². The molecule has 0 bridgehead atoms. The third kappa shape index (κ3) is 5.36. The lowest BCUT2D eigenvalue weighted by atomic mass is 10.1. The van der Waals surface area contributed by atoms with Gasteiger partial charge in [0, 0.05) is 24.4 Å². The molecule has 0 aliphatic heterocycles. The monoisotopic (exact) mass is 300 g/mol. The van der Waals surface area contributed by atoms with E-state index in [9.17, 15) is 9.90 Å². The summed E-state index contributed by atoms with van der Waals surface area (Å²) >= 11 is 6.07. The molecule has 1 atom stereocenters. The molecule has 1 aromatic rings. The van der Waals surface area contributed by atoms with Crippen molar-refractivity contribution in [1.29, 1.82) is 0 Å². The minimum atomic E-state index is -0.569. The number of hydrogen-bond acceptors (Lipinski definition) is 3. The number of nitrogens with one attached hydrogen (secondary N) is 2. The second-order valence-electron chi connectivity index (χ2n) is 4.70. The molecule has 0 unspecified atom stereocenters. The number of urea groups is 1. The molecule has 20 heavy (non-hydrogen) atoms. The van der Waals surface area contributed by atoms with Crippen molar-refractivity contribution >= 4 is 23.3 Å². The molecule has 5 nitrogen and oxygen atoms in total. The molecular formula is C14H21ClN2O3. The first-order chi connectivity index (χ1) is 9.43. The third-order valence-electron chi connectivity index (χ3n) is 2.82. The van der Waals surface area contributed by atoms with Crippen molar-refractivity contribution in [3.63, 3.8) is 0 Å². The summed E-state index contributed by atoms with van der Waals surface area (Å²) < 4.78 is 4.80. The van der Waals surface area contributed by atoms with Crippen LogP contribution in [0, 0.1) is 13.8 Å². The van der Waals surface area contributed by atoms with Crippen LogP contribution in [-0.2, 0) is 4.74 Å². The Morgan fingerprint density at radius 3 is 2.55 bits per heavy atom. The average Bonchev–Trinajstić information content (AvgIpc) is 2.36. The van der Waals surface area contributed by atoms with Gasteiger partial charge in [-0.15, -0.1) is 0 Å². The van der Waals surface area contributed by atoms with Crippen LogP contribution in [0.3, 0.4) is 0 Å². The molecule has 3 N–H and O–H groups in total. The van der Waals surface area contributed by atoms with E-state index in [0.717, 1.165) is 11.1 Å². The van der Waals surface area contributed by atoms with Crippen molar-refractivity contribution in [3.05, 3.63) is 28.3 Å². The number of methoxy groups -OCH3 is 1. The number of amides is 2. The maximum Gasteiger partial charge on any atom is 0.319 e. The highest BCUT2D eigenvalue weighted by Gasteiger charge is 2.07. The van der Waals surface area contributed by atoms with E-state index in [2.05, 4.69) is 10.6 Å². The van der Waals surface area contributed by atoms with E-state index in [1.807, 2.05) is 26.0 Å². The number of hydrogen-bond donors (Lipinski definition) is 3. The molecule has 0 heterocycles. The van der Waals surface area contributed by atoms with E-state index in [4.69, 9.17) is 16.3 Å². The van der Waals surface area contributed by atoms with Crippen LogP contribution in [0.5, 0.6) is 0 Å². The second kappa shape index (κ2) is 8.09. The number of carbonyl (C=O) groups excluding carboxylic acids is 1. The largest absolute Gasteiger partial charge is 0.391 e. The Morgan fingerprint density at radius 1 is 1.40 bits per heavy atom. The number of ether oxygens (including phenoxy) is 1. The SMILES string of the molecule is COC[C@@H](O)CCNC(=O)Nc1cc(C)c(Cl)c(C)c1. The fraction of sp³-hybridized carbons (Fsp3) is 0.500. The fourth-order valence-corrected chi connectivity index (χ4v) is 1.93. The Balaban J connectivity index is 2.43. The highest BCUT2D eigenvalue weighted by Crippen LogP contribution is 2.24. The predicted molar refractivity (Wildman–Crippen MR) is 80.4 cm³/mol. The molecule has 2 amide bonds. The van der Waals surface area contributed by atoms with Gasteiger partial charge in [-0.05, 0) is 43.5 Å². The summed E-state index contributed by atoms with van der Waals surface area (Å²) in [5.74, 6) is 0. The van der Waals surface area contributed by atoms with Crippen molar-refractivity contribution < 1.29 is 14.6 Å². The lowest BCUT2D eigenvalue weighted by molar-refractivity contribution is 0.0599. The third-order valence-corrected chi connectivity index (χ3v) is 3.41. The van der Waals surface area contributed by atoms with Crippen molar-refractivity contribution in [2.45, 2.75) is 26.4 Å².